The van der Waals surface area contributed by atoms with E-state index in [4.69, 9.17) is 4.74 Å². The van der Waals surface area contributed by atoms with Crippen molar-refractivity contribution < 1.29 is 9.53 Å². The highest BCUT2D eigenvalue weighted by atomic mass is 16.5. The summed E-state index contributed by atoms with van der Waals surface area (Å²) < 4.78 is 4.97. The lowest BCUT2D eigenvalue weighted by atomic mass is 9.94. The number of benzene rings is 1. The fourth-order valence-electron chi connectivity index (χ4n) is 3.20. The molecule has 0 N–H and O–H groups in total. The summed E-state index contributed by atoms with van der Waals surface area (Å²) in [6.45, 7) is 2.31. The molecule has 3 rings (SSSR count). The Hall–Kier alpha value is -1.51. The van der Waals surface area contributed by atoms with Crippen molar-refractivity contribution in [3.8, 4) is 0 Å². The van der Waals surface area contributed by atoms with Gasteiger partial charge in [-0.2, -0.15) is 0 Å². The average Bonchev–Trinajstić information content (AvgIpc) is 3.34. The Labute approximate surface area is 120 Å². The largest absolute Gasteiger partial charge is 0.469 e. The van der Waals surface area contributed by atoms with Crippen LogP contribution in [0.1, 0.15) is 43.6 Å². The van der Waals surface area contributed by atoms with Crippen molar-refractivity contribution >= 4 is 11.7 Å². The maximum Gasteiger partial charge on any atom is 0.313 e. The van der Waals surface area contributed by atoms with Crippen LogP contribution in [-0.2, 0) is 9.53 Å². The fourth-order valence-corrected chi connectivity index (χ4v) is 3.20. The van der Waals surface area contributed by atoms with Crippen molar-refractivity contribution in [1.29, 1.82) is 0 Å². The van der Waals surface area contributed by atoms with E-state index in [1.54, 1.807) is 0 Å². The summed E-state index contributed by atoms with van der Waals surface area (Å²) in [6.07, 6.45) is 6.21. The number of methoxy groups -OCH3 is 1. The highest BCUT2D eigenvalue weighted by Crippen LogP contribution is 2.43. The maximum absolute atomic E-state index is 11.9. The van der Waals surface area contributed by atoms with E-state index in [9.17, 15) is 4.79 Å². The number of anilines is 1. The second-order valence-corrected chi connectivity index (χ2v) is 5.98. The molecular formula is C17H23NO2. The van der Waals surface area contributed by atoms with E-state index in [0.717, 1.165) is 31.5 Å². The van der Waals surface area contributed by atoms with Crippen molar-refractivity contribution in [3.63, 3.8) is 0 Å². The first kappa shape index (κ1) is 13.5. The van der Waals surface area contributed by atoms with Crippen molar-refractivity contribution in [2.45, 2.75) is 38.0 Å². The number of esters is 1. The van der Waals surface area contributed by atoms with Crippen molar-refractivity contribution in [3.05, 3.63) is 29.8 Å². The molecule has 1 aliphatic carbocycles. The SMILES string of the molecule is COC(=O)C(c1ccc(N2CCCCC2)cc1)C1CC1. The molecule has 3 heteroatoms. The van der Waals surface area contributed by atoms with Gasteiger partial charge in [-0.1, -0.05) is 12.1 Å². The van der Waals surface area contributed by atoms with Crippen LogP contribution in [0.3, 0.4) is 0 Å². The van der Waals surface area contributed by atoms with Crippen LogP contribution in [0.4, 0.5) is 5.69 Å². The Morgan fingerprint density at radius 3 is 2.35 bits per heavy atom. The molecule has 1 atom stereocenters. The zero-order valence-corrected chi connectivity index (χ0v) is 12.2. The van der Waals surface area contributed by atoms with E-state index in [-0.39, 0.29) is 11.9 Å². The number of hydrogen-bond donors (Lipinski definition) is 0. The first-order chi connectivity index (χ1) is 9.79. The third-order valence-corrected chi connectivity index (χ3v) is 4.52. The molecule has 20 heavy (non-hydrogen) atoms. The van der Waals surface area contributed by atoms with Gasteiger partial charge >= 0.3 is 5.97 Å². The van der Waals surface area contributed by atoms with Gasteiger partial charge in [-0.3, -0.25) is 4.79 Å². The van der Waals surface area contributed by atoms with Gasteiger partial charge in [0, 0.05) is 18.8 Å². The highest BCUT2D eigenvalue weighted by molar-refractivity contribution is 5.79. The summed E-state index contributed by atoms with van der Waals surface area (Å²) >= 11 is 0. The summed E-state index contributed by atoms with van der Waals surface area (Å²) in [5.74, 6) is 0.344. The van der Waals surface area contributed by atoms with Crippen LogP contribution in [-0.4, -0.2) is 26.2 Å². The van der Waals surface area contributed by atoms with E-state index >= 15 is 0 Å². The summed E-state index contributed by atoms with van der Waals surface area (Å²) in [5.41, 5.74) is 2.40. The lowest BCUT2D eigenvalue weighted by Gasteiger charge is -2.29. The quantitative estimate of drug-likeness (QED) is 0.788. The van der Waals surface area contributed by atoms with E-state index in [1.165, 1.54) is 32.1 Å². The van der Waals surface area contributed by atoms with Crippen LogP contribution in [0, 0.1) is 5.92 Å². The van der Waals surface area contributed by atoms with Crippen LogP contribution in [0.2, 0.25) is 0 Å². The monoisotopic (exact) mass is 273 g/mol. The minimum absolute atomic E-state index is 0.0598. The minimum Gasteiger partial charge on any atom is -0.469 e. The maximum atomic E-state index is 11.9. The van der Waals surface area contributed by atoms with Crippen LogP contribution >= 0.6 is 0 Å². The van der Waals surface area contributed by atoms with E-state index < -0.39 is 0 Å². The van der Waals surface area contributed by atoms with Gasteiger partial charge in [0.1, 0.15) is 0 Å². The molecule has 108 valence electrons. The van der Waals surface area contributed by atoms with Gasteiger partial charge in [-0.25, -0.2) is 0 Å². The fraction of sp³-hybridized carbons (Fsp3) is 0.588. The van der Waals surface area contributed by atoms with Gasteiger partial charge in [0.2, 0.25) is 0 Å². The first-order valence-corrected chi connectivity index (χ1v) is 7.72. The van der Waals surface area contributed by atoms with Crippen LogP contribution in [0.25, 0.3) is 0 Å². The molecule has 2 aliphatic rings. The number of hydrogen-bond acceptors (Lipinski definition) is 3. The molecule has 2 fully saturated rings. The molecule has 0 amide bonds. The number of carbonyl (C=O) groups excluding carboxylic acids is 1. The molecule has 3 nitrogen and oxygen atoms in total. The molecule has 1 heterocycles. The third-order valence-electron chi connectivity index (χ3n) is 4.52. The number of rotatable bonds is 4. The van der Waals surface area contributed by atoms with E-state index in [1.807, 2.05) is 0 Å². The molecule has 0 aromatic heterocycles. The third kappa shape index (κ3) is 2.82. The highest BCUT2D eigenvalue weighted by Gasteiger charge is 2.38. The van der Waals surface area contributed by atoms with Gasteiger partial charge in [0.25, 0.3) is 0 Å². The molecule has 1 aliphatic heterocycles. The smallest absolute Gasteiger partial charge is 0.313 e. The molecular weight excluding hydrogens is 250 g/mol. The number of carbonyl (C=O) groups is 1. The number of piperidine rings is 1. The first-order valence-electron chi connectivity index (χ1n) is 7.72. The van der Waals surface area contributed by atoms with E-state index in [2.05, 4.69) is 29.2 Å². The molecule has 1 saturated heterocycles. The number of nitrogens with zero attached hydrogens (tertiary/aromatic N) is 1. The molecule has 0 bridgehead atoms. The predicted octanol–water partition coefficient (Wildman–Crippen LogP) is 3.34. The lowest BCUT2D eigenvalue weighted by Crippen LogP contribution is -2.29. The molecule has 1 unspecified atom stereocenters. The van der Waals surface area contributed by atoms with Crippen molar-refractivity contribution in [2.24, 2.45) is 5.92 Å². The summed E-state index contributed by atoms with van der Waals surface area (Å²) in [6, 6.07) is 8.56. The summed E-state index contributed by atoms with van der Waals surface area (Å²) in [4.78, 5) is 14.4. The van der Waals surface area contributed by atoms with Gasteiger partial charge < -0.3 is 9.64 Å². The molecule has 1 saturated carbocycles. The molecule has 1 aromatic carbocycles. The zero-order valence-electron chi connectivity index (χ0n) is 12.2. The minimum atomic E-state index is -0.0850. The van der Waals surface area contributed by atoms with E-state index in [0.29, 0.717) is 5.92 Å². The van der Waals surface area contributed by atoms with Crippen LogP contribution < -0.4 is 4.90 Å². The lowest BCUT2D eigenvalue weighted by molar-refractivity contribution is -0.143. The van der Waals surface area contributed by atoms with Gasteiger partial charge in [0.05, 0.1) is 13.0 Å². The van der Waals surface area contributed by atoms with Gasteiger partial charge in [0.15, 0.2) is 0 Å². The Morgan fingerprint density at radius 1 is 1.15 bits per heavy atom. The Morgan fingerprint density at radius 2 is 1.80 bits per heavy atom. The second-order valence-electron chi connectivity index (χ2n) is 5.98. The Balaban J connectivity index is 1.75. The predicted molar refractivity (Wildman–Crippen MR) is 80.0 cm³/mol. The van der Waals surface area contributed by atoms with Crippen molar-refractivity contribution in [2.75, 3.05) is 25.1 Å². The standard InChI is InChI=1S/C17H23NO2/c1-20-17(19)16(13-5-6-13)14-7-9-15(10-8-14)18-11-3-2-4-12-18/h7-10,13,16H,2-6,11-12H2,1H3. The zero-order chi connectivity index (χ0) is 13.9. The Kier molecular flexibility index (Phi) is 3.95. The van der Waals surface area contributed by atoms with Crippen LogP contribution in [0.5, 0.6) is 0 Å². The summed E-state index contributed by atoms with van der Waals surface area (Å²) in [5, 5.41) is 0. The summed E-state index contributed by atoms with van der Waals surface area (Å²) in [7, 11) is 1.49. The van der Waals surface area contributed by atoms with Crippen molar-refractivity contribution in [1.82, 2.24) is 0 Å². The van der Waals surface area contributed by atoms with Gasteiger partial charge in [-0.05, 0) is 55.7 Å². The second kappa shape index (κ2) is 5.86. The molecule has 0 radical (unpaired) electrons. The molecule has 1 aromatic rings. The molecule has 0 spiro atoms. The van der Waals surface area contributed by atoms with Gasteiger partial charge in [-0.15, -0.1) is 0 Å². The Bertz CT molecular complexity index is 458. The topological polar surface area (TPSA) is 29.5 Å². The van der Waals surface area contributed by atoms with Crippen LogP contribution in [0.15, 0.2) is 24.3 Å². The normalized spacial score (nSPS) is 20.6. The average molecular weight is 273 g/mol. The number of ether oxygens (including phenoxy) is 1.